The van der Waals surface area contributed by atoms with Crippen LogP contribution in [0.2, 0.25) is 0 Å². The highest BCUT2D eigenvalue weighted by atomic mass is 32.1. The first-order valence-electron chi connectivity index (χ1n) is 11.9. The van der Waals surface area contributed by atoms with Gasteiger partial charge in [-0.05, 0) is 42.7 Å². The summed E-state index contributed by atoms with van der Waals surface area (Å²) in [6.45, 7) is 2.72. The van der Waals surface area contributed by atoms with E-state index in [0.717, 1.165) is 16.7 Å². The Kier molecular flexibility index (Phi) is 7.63. The van der Waals surface area contributed by atoms with Crippen LogP contribution in [-0.2, 0) is 24.8 Å². The van der Waals surface area contributed by atoms with E-state index in [0.29, 0.717) is 59.1 Å². The van der Waals surface area contributed by atoms with Gasteiger partial charge >= 0.3 is 0 Å². The molecule has 0 fully saturated rings. The number of benzene rings is 1. The molecule has 3 amide bonds. The first-order valence-corrected chi connectivity index (χ1v) is 12.7. The third-order valence-corrected chi connectivity index (χ3v) is 7.54. The van der Waals surface area contributed by atoms with Crippen LogP contribution in [0.15, 0.2) is 36.7 Å². The summed E-state index contributed by atoms with van der Waals surface area (Å²) in [6, 6.07) is 5.82. The van der Waals surface area contributed by atoms with Gasteiger partial charge in [-0.1, -0.05) is 6.92 Å². The molecule has 194 valence electrons. The predicted octanol–water partition coefficient (Wildman–Crippen LogP) is 3.02. The number of nitrogens with zero attached hydrogens (tertiary/aromatic N) is 2. The minimum absolute atomic E-state index is 0.171. The van der Waals surface area contributed by atoms with Crippen molar-refractivity contribution in [3.8, 4) is 5.75 Å². The molecule has 10 nitrogen and oxygen atoms in total. The number of hydrogen-bond acceptors (Lipinski definition) is 7. The Hall–Kier alpha value is -4.12. The molecule has 0 unspecified atom stereocenters. The van der Waals surface area contributed by atoms with Gasteiger partial charge in [-0.2, -0.15) is 0 Å². The van der Waals surface area contributed by atoms with Gasteiger partial charge in [-0.3, -0.25) is 14.4 Å². The van der Waals surface area contributed by atoms with Gasteiger partial charge in [0.05, 0.1) is 12.0 Å². The summed E-state index contributed by atoms with van der Waals surface area (Å²) >= 11 is 1.43. The van der Waals surface area contributed by atoms with Crippen molar-refractivity contribution in [3.63, 3.8) is 0 Å². The van der Waals surface area contributed by atoms with Gasteiger partial charge in [0.2, 0.25) is 5.91 Å². The van der Waals surface area contributed by atoms with Crippen molar-refractivity contribution in [2.24, 2.45) is 7.05 Å². The van der Waals surface area contributed by atoms with E-state index in [1.165, 1.54) is 17.4 Å². The predicted molar refractivity (Wildman–Crippen MR) is 144 cm³/mol. The van der Waals surface area contributed by atoms with E-state index in [4.69, 9.17) is 15.9 Å². The molecule has 4 rings (SSSR count). The number of amides is 3. The third-order valence-electron chi connectivity index (χ3n) is 6.31. The standard InChI is InChI=1S/C26H30N6O4S/c1-4-19(29-24(33)15-5-6-18(28)16(9-15)11-27)26(35)32-8-7-22-17(12-32)10-23(37-22)25(34)30-20-13-31(2)14-21(20)36-3/h5-6,9-11,13-14,19,27H,4,7-8,12,28H2,1-3H3,(H,29,33)(H,30,34)/t19-/m1/s1. The molecular formula is C26H30N6O4S. The number of carbonyl (C=O) groups is 3. The highest BCUT2D eigenvalue weighted by Gasteiger charge is 2.29. The molecular weight excluding hydrogens is 492 g/mol. The molecule has 11 heteroatoms. The van der Waals surface area contributed by atoms with Crippen molar-refractivity contribution in [3.05, 3.63) is 63.1 Å². The molecule has 0 saturated heterocycles. The zero-order valence-corrected chi connectivity index (χ0v) is 21.8. The van der Waals surface area contributed by atoms with E-state index in [1.54, 1.807) is 41.1 Å². The van der Waals surface area contributed by atoms with Crippen LogP contribution in [0.4, 0.5) is 11.4 Å². The highest BCUT2D eigenvalue weighted by Crippen LogP contribution is 2.31. The number of nitrogens with two attached hydrogens (primary N) is 1. The van der Waals surface area contributed by atoms with E-state index in [1.807, 2.05) is 20.0 Å². The number of anilines is 2. The zero-order valence-electron chi connectivity index (χ0n) is 21.0. The number of hydrogen-bond donors (Lipinski definition) is 4. The summed E-state index contributed by atoms with van der Waals surface area (Å²) in [5.41, 5.74) is 8.52. The van der Waals surface area contributed by atoms with Crippen molar-refractivity contribution < 1.29 is 19.1 Å². The van der Waals surface area contributed by atoms with Crippen LogP contribution in [0, 0.1) is 5.41 Å². The van der Waals surface area contributed by atoms with E-state index in [-0.39, 0.29) is 11.8 Å². The smallest absolute Gasteiger partial charge is 0.265 e. The number of rotatable bonds is 8. The fourth-order valence-electron chi connectivity index (χ4n) is 4.27. The molecule has 2 aromatic heterocycles. The van der Waals surface area contributed by atoms with Crippen LogP contribution in [0.25, 0.3) is 0 Å². The number of fused-ring (bicyclic) bond motifs is 1. The topological polar surface area (TPSA) is 143 Å². The van der Waals surface area contributed by atoms with Crippen LogP contribution in [0.5, 0.6) is 5.75 Å². The number of aromatic nitrogens is 1. The molecule has 37 heavy (non-hydrogen) atoms. The second kappa shape index (κ2) is 10.9. The Labute approximate surface area is 218 Å². The maximum Gasteiger partial charge on any atom is 0.265 e. The van der Waals surface area contributed by atoms with E-state index in [9.17, 15) is 14.4 Å². The van der Waals surface area contributed by atoms with E-state index in [2.05, 4.69) is 10.6 Å². The van der Waals surface area contributed by atoms with Crippen molar-refractivity contribution >= 4 is 46.6 Å². The Balaban J connectivity index is 1.42. The van der Waals surface area contributed by atoms with Crippen LogP contribution < -0.4 is 21.1 Å². The normalized spacial score (nSPS) is 13.4. The van der Waals surface area contributed by atoms with Gasteiger partial charge in [-0.25, -0.2) is 0 Å². The summed E-state index contributed by atoms with van der Waals surface area (Å²) in [6.07, 6.45) is 5.71. The lowest BCUT2D eigenvalue weighted by atomic mass is 10.1. The molecule has 1 atom stereocenters. The minimum atomic E-state index is -0.693. The van der Waals surface area contributed by atoms with Crippen molar-refractivity contribution in [1.29, 1.82) is 5.41 Å². The Morgan fingerprint density at radius 2 is 2.03 bits per heavy atom. The molecule has 0 saturated carbocycles. The van der Waals surface area contributed by atoms with Crippen molar-refractivity contribution in [1.82, 2.24) is 14.8 Å². The first kappa shape index (κ1) is 26.0. The molecule has 1 aromatic carbocycles. The summed E-state index contributed by atoms with van der Waals surface area (Å²) < 4.78 is 7.11. The molecule has 3 aromatic rings. The van der Waals surface area contributed by atoms with Crippen LogP contribution in [0.1, 0.15) is 49.4 Å². The highest BCUT2D eigenvalue weighted by molar-refractivity contribution is 7.14. The molecule has 0 bridgehead atoms. The van der Waals surface area contributed by atoms with Gasteiger partial charge in [0.15, 0.2) is 5.75 Å². The number of nitrogen functional groups attached to an aromatic ring is 1. The quantitative estimate of drug-likeness (QED) is 0.266. The van der Waals surface area contributed by atoms with E-state index < -0.39 is 11.9 Å². The number of methoxy groups -OCH3 is 1. The maximum atomic E-state index is 13.3. The lowest BCUT2D eigenvalue weighted by Crippen LogP contribution is -2.49. The third kappa shape index (κ3) is 5.51. The maximum absolute atomic E-state index is 13.3. The zero-order chi connectivity index (χ0) is 26.7. The number of ether oxygens (including phenoxy) is 1. The Bertz CT molecular complexity index is 1360. The summed E-state index contributed by atoms with van der Waals surface area (Å²) in [5, 5.41) is 13.1. The molecule has 3 heterocycles. The van der Waals surface area contributed by atoms with Gasteiger partial charge in [0, 0.05) is 60.4 Å². The summed E-state index contributed by atoms with van der Waals surface area (Å²) in [5.74, 6) is -0.217. The molecule has 5 N–H and O–H groups in total. The van der Waals surface area contributed by atoms with E-state index >= 15 is 0 Å². The summed E-state index contributed by atoms with van der Waals surface area (Å²) in [4.78, 5) is 42.4. The monoisotopic (exact) mass is 522 g/mol. The summed E-state index contributed by atoms with van der Waals surface area (Å²) in [7, 11) is 3.40. The molecule has 0 aliphatic carbocycles. The van der Waals surface area contributed by atoms with Gasteiger partial charge < -0.3 is 36.0 Å². The van der Waals surface area contributed by atoms with Crippen molar-refractivity contribution in [2.45, 2.75) is 32.4 Å². The molecule has 0 spiro atoms. The average molecular weight is 523 g/mol. The number of aryl methyl sites for hydroxylation is 1. The average Bonchev–Trinajstić information content (AvgIpc) is 3.49. The second-order valence-electron chi connectivity index (χ2n) is 8.85. The number of nitrogens with one attached hydrogen (secondary N) is 3. The second-order valence-corrected chi connectivity index (χ2v) is 9.99. The van der Waals surface area contributed by atoms with Crippen LogP contribution >= 0.6 is 11.3 Å². The number of carbonyl (C=O) groups excluding carboxylic acids is 3. The minimum Gasteiger partial charge on any atom is -0.493 e. The molecule has 1 aliphatic rings. The van der Waals surface area contributed by atoms with Gasteiger partial charge in [-0.15, -0.1) is 11.3 Å². The number of thiophene rings is 1. The van der Waals surface area contributed by atoms with Crippen LogP contribution in [0.3, 0.4) is 0 Å². The lowest BCUT2D eigenvalue weighted by molar-refractivity contribution is -0.134. The molecule has 1 aliphatic heterocycles. The SMILES string of the molecule is CC[C@@H](NC(=O)c1ccc(N)c(C=N)c1)C(=O)N1CCc2sc(C(=O)Nc3cn(C)cc3OC)cc2C1. The lowest BCUT2D eigenvalue weighted by Gasteiger charge is -2.30. The Morgan fingerprint density at radius 3 is 2.73 bits per heavy atom. The van der Waals surface area contributed by atoms with Crippen molar-refractivity contribution in [2.75, 3.05) is 24.7 Å². The largest absolute Gasteiger partial charge is 0.493 e. The Morgan fingerprint density at radius 1 is 1.24 bits per heavy atom. The fraction of sp³-hybridized carbons (Fsp3) is 0.308. The van der Waals surface area contributed by atoms with Crippen LogP contribution in [-0.4, -0.2) is 53.1 Å². The first-order chi connectivity index (χ1) is 17.7. The fourth-order valence-corrected chi connectivity index (χ4v) is 5.33. The molecule has 0 radical (unpaired) electrons. The van der Waals surface area contributed by atoms with Gasteiger partial charge in [0.25, 0.3) is 11.8 Å². The van der Waals surface area contributed by atoms with Gasteiger partial charge in [0.1, 0.15) is 11.7 Å².